The zero-order valence-corrected chi connectivity index (χ0v) is 15.9. The first-order chi connectivity index (χ1) is 11.7. The number of nitrogens with one attached hydrogen (secondary N) is 3. The van der Waals surface area contributed by atoms with Crippen molar-refractivity contribution in [3.8, 4) is 12.3 Å². The molecule has 3 N–H and O–H groups in total. The highest BCUT2D eigenvalue weighted by Gasteiger charge is 2.13. The van der Waals surface area contributed by atoms with Gasteiger partial charge in [0.15, 0.2) is 5.96 Å². The van der Waals surface area contributed by atoms with Crippen molar-refractivity contribution in [1.29, 1.82) is 0 Å². The highest BCUT2D eigenvalue weighted by molar-refractivity contribution is 5.95. The van der Waals surface area contributed by atoms with Crippen molar-refractivity contribution in [2.24, 2.45) is 10.4 Å². The molecule has 0 aromatic heterocycles. The lowest BCUT2D eigenvalue weighted by Gasteiger charge is -2.23. The van der Waals surface area contributed by atoms with E-state index in [2.05, 4.69) is 54.6 Å². The van der Waals surface area contributed by atoms with Crippen LogP contribution >= 0.6 is 0 Å². The summed E-state index contributed by atoms with van der Waals surface area (Å²) in [6, 6.07) is 7.48. The maximum absolute atomic E-state index is 12.1. The molecule has 0 saturated carbocycles. The largest absolute Gasteiger partial charge is 0.354 e. The number of aliphatic imine (C=N–C) groups is 1. The Labute approximate surface area is 151 Å². The molecule has 1 rings (SSSR count). The molecule has 1 aromatic rings. The molecule has 0 bridgehead atoms. The molecular weight excluding hydrogens is 312 g/mol. The van der Waals surface area contributed by atoms with Gasteiger partial charge in [0.1, 0.15) is 0 Å². The van der Waals surface area contributed by atoms with Crippen LogP contribution in [0.25, 0.3) is 0 Å². The molecular formula is C20H30N4O. The van der Waals surface area contributed by atoms with Gasteiger partial charge >= 0.3 is 0 Å². The van der Waals surface area contributed by atoms with Crippen molar-refractivity contribution in [2.45, 2.75) is 46.6 Å². The van der Waals surface area contributed by atoms with E-state index in [1.165, 1.54) is 0 Å². The van der Waals surface area contributed by atoms with E-state index < -0.39 is 0 Å². The van der Waals surface area contributed by atoms with Crippen LogP contribution in [0.3, 0.4) is 0 Å². The molecule has 0 saturated heterocycles. The number of nitrogens with zero attached hydrogens (tertiary/aromatic N) is 1. The second-order valence-electron chi connectivity index (χ2n) is 7.34. The van der Waals surface area contributed by atoms with E-state index in [0.717, 1.165) is 18.4 Å². The van der Waals surface area contributed by atoms with Gasteiger partial charge < -0.3 is 16.0 Å². The van der Waals surface area contributed by atoms with Gasteiger partial charge in [-0.2, -0.15) is 0 Å². The molecule has 5 heteroatoms. The number of rotatable bonds is 6. The van der Waals surface area contributed by atoms with Crippen LogP contribution in [0.15, 0.2) is 29.3 Å². The second-order valence-corrected chi connectivity index (χ2v) is 7.34. The Balaban J connectivity index is 2.43. The fourth-order valence-electron chi connectivity index (χ4n) is 2.21. The molecule has 25 heavy (non-hydrogen) atoms. The fraction of sp³-hybridized carbons (Fsp3) is 0.500. The van der Waals surface area contributed by atoms with E-state index in [1.807, 2.05) is 12.1 Å². The monoisotopic (exact) mass is 342 g/mol. The first kappa shape index (κ1) is 20.6. The minimum Gasteiger partial charge on any atom is -0.354 e. The fourth-order valence-corrected chi connectivity index (χ4v) is 2.21. The van der Waals surface area contributed by atoms with Crippen molar-refractivity contribution in [3.05, 3.63) is 29.8 Å². The number of terminal acetylenes is 1. The summed E-state index contributed by atoms with van der Waals surface area (Å²) in [5.74, 6) is 3.01. The number of carbonyl (C=O) groups is 1. The predicted molar refractivity (Wildman–Crippen MR) is 106 cm³/mol. The SMILES string of the molecule is C#Cc1cccc(NC(=O)CNC(=NC)NC(C)CCC(C)(C)C)c1. The van der Waals surface area contributed by atoms with E-state index in [4.69, 9.17) is 6.42 Å². The van der Waals surface area contributed by atoms with Crippen molar-refractivity contribution < 1.29 is 4.79 Å². The van der Waals surface area contributed by atoms with Gasteiger partial charge in [-0.15, -0.1) is 6.42 Å². The lowest BCUT2D eigenvalue weighted by Crippen LogP contribution is -2.45. The van der Waals surface area contributed by atoms with Crippen LogP contribution in [0.1, 0.15) is 46.1 Å². The number of hydrogen-bond acceptors (Lipinski definition) is 2. The van der Waals surface area contributed by atoms with Crippen LogP contribution in [-0.4, -0.2) is 31.5 Å². The van der Waals surface area contributed by atoms with Crippen LogP contribution in [-0.2, 0) is 4.79 Å². The van der Waals surface area contributed by atoms with Crippen molar-refractivity contribution in [2.75, 3.05) is 18.9 Å². The van der Waals surface area contributed by atoms with Crippen LogP contribution in [0.2, 0.25) is 0 Å². The quantitative estimate of drug-likeness (QED) is 0.423. The summed E-state index contributed by atoms with van der Waals surface area (Å²) in [5.41, 5.74) is 1.72. The zero-order valence-electron chi connectivity index (χ0n) is 15.9. The molecule has 1 unspecified atom stereocenters. The number of carbonyl (C=O) groups excluding carboxylic acids is 1. The first-order valence-corrected chi connectivity index (χ1v) is 8.57. The minimum atomic E-state index is -0.153. The Bertz CT molecular complexity index is 638. The highest BCUT2D eigenvalue weighted by atomic mass is 16.1. The maximum atomic E-state index is 12.1. The van der Waals surface area contributed by atoms with Gasteiger partial charge in [0.05, 0.1) is 6.54 Å². The van der Waals surface area contributed by atoms with E-state index in [9.17, 15) is 4.79 Å². The van der Waals surface area contributed by atoms with Crippen LogP contribution in [0.4, 0.5) is 5.69 Å². The van der Waals surface area contributed by atoms with Gasteiger partial charge in [0.25, 0.3) is 0 Å². The number of hydrogen-bond donors (Lipinski definition) is 3. The van der Waals surface area contributed by atoms with E-state index in [0.29, 0.717) is 17.1 Å². The van der Waals surface area contributed by atoms with E-state index >= 15 is 0 Å². The Kier molecular flexibility index (Phi) is 8.00. The summed E-state index contributed by atoms with van der Waals surface area (Å²) >= 11 is 0. The average molecular weight is 342 g/mol. The standard InChI is InChI=1S/C20H30N4O/c1-7-16-9-8-10-17(13-16)24-18(25)14-22-19(21-6)23-15(2)11-12-20(3,4)5/h1,8-10,13,15H,11-12,14H2,2-6H3,(H,24,25)(H2,21,22,23). The molecule has 136 valence electrons. The van der Waals surface area contributed by atoms with Gasteiger partial charge in [0, 0.05) is 24.3 Å². The summed E-state index contributed by atoms with van der Waals surface area (Å²) in [6.07, 6.45) is 7.52. The molecule has 5 nitrogen and oxygen atoms in total. The van der Waals surface area contributed by atoms with E-state index in [-0.39, 0.29) is 18.5 Å². The lowest BCUT2D eigenvalue weighted by molar-refractivity contribution is -0.115. The van der Waals surface area contributed by atoms with Gasteiger partial charge in [-0.3, -0.25) is 9.79 Å². The van der Waals surface area contributed by atoms with Gasteiger partial charge in [-0.05, 0) is 43.4 Å². The summed E-state index contributed by atoms with van der Waals surface area (Å²) < 4.78 is 0. The molecule has 1 amide bonds. The molecule has 1 aromatic carbocycles. The molecule has 0 fully saturated rings. The van der Waals surface area contributed by atoms with Crippen molar-refractivity contribution in [1.82, 2.24) is 10.6 Å². The third kappa shape index (κ3) is 8.80. The number of anilines is 1. The topological polar surface area (TPSA) is 65.5 Å². The zero-order chi connectivity index (χ0) is 18.9. The summed E-state index contributed by atoms with van der Waals surface area (Å²) in [4.78, 5) is 16.2. The highest BCUT2D eigenvalue weighted by Crippen LogP contribution is 2.21. The average Bonchev–Trinajstić information content (AvgIpc) is 2.56. The number of guanidine groups is 1. The van der Waals surface area contributed by atoms with Crippen molar-refractivity contribution >= 4 is 17.6 Å². The van der Waals surface area contributed by atoms with Crippen LogP contribution < -0.4 is 16.0 Å². The Morgan fingerprint density at radius 3 is 2.68 bits per heavy atom. The normalized spacial score (nSPS) is 12.9. The minimum absolute atomic E-state index is 0.131. The van der Waals surface area contributed by atoms with Crippen molar-refractivity contribution in [3.63, 3.8) is 0 Å². The molecule has 0 aliphatic carbocycles. The Morgan fingerprint density at radius 2 is 2.08 bits per heavy atom. The number of amides is 1. The third-order valence-corrected chi connectivity index (χ3v) is 3.66. The van der Waals surface area contributed by atoms with E-state index in [1.54, 1.807) is 19.2 Å². The van der Waals surface area contributed by atoms with Crippen LogP contribution in [0.5, 0.6) is 0 Å². The van der Waals surface area contributed by atoms with Gasteiger partial charge in [-0.1, -0.05) is 32.8 Å². The molecule has 0 aliphatic rings. The lowest BCUT2D eigenvalue weighted by atomic mass is 9.89. The summed E-state index contributed by atoms with van der Waals surface area (Å²) in [7, 11) is 1.69. The molecule has 0 radical (unpaired) electrons. The summed E-state index contributed by atoms with van der Waals surface area (Å²) in [5, 5.41) is 9.16. The smallest absolute Gasteiger partial charge is 0.243 e. The molecule has 1 atom stereocenters. The Hall–Kier alpha value is -2.48. The van der Waals surface area contributed by atoms with Gasteiger partial charge in [-0.25, -0.2) is 0 Å². The second kappa shape index (κ2) is 9.73. The number of benzene rings is 1. The van der Waals surface area contributed by atoms with Crippen LogP contribution in [0, 0.1) is 17.8 Å². The Morgan fingerprint density at radius 1 is 1.36 bits per heavy atom. The third-order valence-electron chi connectivity index (χ3n) is 3.66. The predicted octanol–water partition coefficient (Wildman–Crippen LogP) is 2.99. The first-order valence-electron chi connectivity index (χ1n) is 8.57. The van der Waals surface area contributed by atoms with Gasteiger partial charge in [0.2, 0.25) is 5.91 Å². The molecule has 0 aliphatic heterocycles. The summed E-state index contributed by atoms with van der Waals surface area (Å²) in [6.45, 7) is 8.93. The molecule has 0 spiro atoms. The maximum Gasteiger partial charge on any atom is 0.243 e. The molecule has 0 heterocycles.